The van der Waals surface area contributed by atoms with Crippen molar-refractivity contribution < 1.29 is 4.79 Å². The second kappa shape index (κ2) is 8.94. The van der Waals surface area contributed by atoms with Crippen molar-refractivity contribution in [3.05, 3.63) is 59.0 Å². The lowest BCUT2D eigenvalue weighted by Gasteiger charge is -2.38. The highest BCUT2D eigenvalue weighted by Gasteiger charge is 2.23. The first-order chi connectivity index (χ1) is 15.7. The van der Waals surface area contributed by atoms with Gasteiger partial charge in [0.15, 0.2) is 5.78 Å². The van der Waals surface area contributed by atoms with Gasteiger partial charge in [0.1, 0.15) is 11.3 Å². The van der Waals surface area contributed by atoms with E-state index in [0.717, 1.165) is 57.0 Å². The summed E-state index contributed by atoms with van der Waals surface area (Å²) in [5.41, 5.74) is 8.21. The van der Waals surface area contributed by atoms with Crippen LogP contribution < -0.4 is 10.2 Å². The number of hydrogen-bond acceptors (Lipinski definition) is 5. The number of ketones is 1. The minimum atomic E-state index is 0.0414. The summed E-state index contributed by atoms with van der Waals surface area (Å²) < 4.78 is 1.87. The maximum absolute atomic E-state index is 12.4. The van der Waals surface area contributed by atoms with Gasteiger partial charge in [-0.3, -0.25) is 9.20 Å². The van der Waals surface area contributed by atoms with Crippen LogP contribution in [-0.2, 0) is 19.4 Å². The lowest BCUT2D eigenvalue weighted by atomic mass is 9.86. The van der Waals surface area contributed by atoms with E-state index in [2.05, 4.69) is 39.2 Å². The molecule has 2 aromatic heterocycles. The molecule has 5 rings (SSSR count). The molecule has 32 heavy (non-hydrogen) atoms. The van der Waals surface area contributed by atoms with Crippen LogP contribution in [0.4, 0.5) is 11.4 Å². The van der Waals surface area contributed by atoms with Gasteiger partial charge in [0, 0.05) is 57.7 Å². The average Bonchev–Trinajstić information content (AvgIpc) is 3.31. The number of Topliss-reactive ketones (excluding diaryl/α,β-unsaturated/α-hetero) is 1. The first-order valence-electron chi connectivity index (χ1n) is 12.0. The van der Waals surface area contributed by atoms with Crippen LogP contribution in [0.25, 0.3) is 5.65 Å². The minimum absolute atomic E-state index is 0.0414. The molecule has 1 saturated heterocycles. The van der Waals surface area contributed by atoms with Gasteiger partial charge in [-0.2, -0.15) is 0 Å². The number of rotatable bonds is 6. The topological polar surface area (TPSA) is 52.9 Å². The summed E-state index contributed by atoms with van der Waals surface area (Å²) in [5, 5.41) is 3.57. The third kappa shape index (κ3) is 3.88. The number of anilines is 2. The summed E-state index contributed by atoms with van der Waals surface area (Å²) in [6, 6.07) is 8.59. The molecule has 1 aliphatic carbocycles. The first-order valence-corrected chi connectivity index (χ1v) is 12.0. The highest BCUT2D eigenvalue weighted by Crippen LogP contribution is 2.34. The summed E-state index contributed by atoms with van der Waals surface area (Å²) >= 11 is 0. The quantitative estimate of drug-likeness (QED) is 0.594. The maximum Gasteiger partial charge on any atom is 0.178 e. The Bertz CT molecular complexity index is 1130. The smallest absolute Gasteiger partial charge is 0.178 e. The summed E-state index contributed by atoms with van der Waals surface area (Å²) in [6.45, 7) is 10.3. The monoisotopic (exact) mass is 431 g/mol. The number of carbonyl (C=O) groups excluding carboxylic acids is 1. The number of imidazole rings is 1. The van der Waals surface area contributed by atoms with E-state index >= 15 is 0 Å². The molecular weight excluding hydrogens is 398 g/mol. The van der Waals surface area contributed by atoms with E-state index < -0.39 is 0 Å². The van der Waals surface area contributed by atoms with E-state index in [9.17, 15) is 4.79 Å². The molecular formula is C26H33N5O. The Morgan fingerprint density at radius 2 is 1.81 bits per heavy atom. The molecule has 3 aromatic rings. The Balaban J connectivity index is 1.41. The van der Waals surface area contributed by atoms with Crippen molar-refractivity contribution in [1.82, 2.24) is 14.3 Å². The molecule has 6 nitrogen and oxygen atoms in total. The number of carbonyl (C=O) groups is 1. The van der Waals surface area contributed by atoms with E-state index in [-0.39, 0.29) is 5.78 Å². The van der Waals surface area contributed by atoms with Crippen molar-refractivity contribution >= 4 is 22.8 Å². The third-order valence-electron chi connectivity index (χ3n) is 7.13. The number of aromatic nitrogens is 2. The second-order valence-corrected chi connectivity index (χ2v) is 8.99. The van der Waals surface area contributed by atoms with Crippen LogP contribution in [-0.4, -0.2) is 52.8 Å². The van der Waals surface area contributed by atoms with E-state index in [1.165, 1.54) is 36.1 Å². The Hall–Kier alpha value is -2.86. The zero-order valence-corrected chi connectivity index (χ0v) is 19.2. The molecule has 3 heterocycles. The Kier molecular flexibility index (Phi) is 5.87. The Labute approximate surface area is 190 Å². The van der Waals surface area contributed by atoms with Gasteiger partial charge in [-0.05, 0) is 67.1 Å². The molecule has 6 heteroatoms. The van der Waals surface area contributed by atoms with Crippen LogP contribution in [0.1, 0.15) is 53.9 Å². The number of pyridine rings is 1. The van der Waals surface area contributed by atoms with E-state index in [4.69, 9.17) is 0 Å². The Morgan fingerprint density at radius 1 is 1.03 bits per heavy atom. The SMILES string of the molecule is CCN1CCN(c2ccc(CNc3ccc4nccn4c3C(C)=O)c3c2CCCC3)CC1. The fraction of sp³-hybridized carbons (Fsp3) is 0.462. The summed E-state index contributed by atoms with van der Waals surface area (Å²) in [4.78, 5) is 21.8. The molecule has 1 fully saturated rings. The molecule has 1 N–H and O–H groups in total. The summed E-state index contributed by atoms with van der Waals surface area (Å²) in [7, 11) is 0. The number of fused-ring (bicyclic) bond motifs is 2. The van der Waals surface area contributed by atoms with Gasteiger partial charge in [0.2, 0.25) is 0 Å². The van der Waals surface area contributed by atoms with Gasteiger partial charge in [-0.1, -0.05) is 13.0 Å². The van der Waals surface area contributed by atoms with Crippen molar-refractivity contribution in [3.63, 3.8) is 0 Å². The van der Waals surface area contributed by atoms with Crippen LogP contribution >= 0.6 is 0 Å². The number of likely N-dealkylation sites (N-methyl/N-ethyl adjacent to an activating group) is 1. The number of hydrogen-bond donors (Lipinski definition) is 1. The number of benzene rings is 1. The van der Waals surface area contributed by atoms with Gasteiger partial charge in [-0.25, -0.2) is 4.98 Å². The first kappa shape index (κ1) is 21.0. The molecule has 1 aromatic carbocycles. The van der Waals surface area contributed by atoms with Crippen molar-refractivity contribution in [3.8, 4) is 0 Å². The van der Waals surface area contributed by atoms with Crippen LogP contribution in [0.15, 0.2) is 36.7 Å². The van der Waals surface area contributed by atoms with Gasteiger partial charge in [0.25, 0.3) is 0 Å². The Morgan fingerprint density at radius 3 is 2.56 bits per heavy atom. The maximum atomic E-state index is 12.4. The second-order valence-electron chi connectivity index (χ2n) is 8.99. The van der Waals surface area contributed by atoms with E-state index in [0.29, 0.717) is 5.69 Å². The molecule has 0 amide bonds. The largest absolute Gasteiger partial charge is 0.379 e. The number of nitrogens with zero attached hydrogens (tertiary/aromatic N) is 4. The van der Waals surface area contributed by atoms with Crippen molar-refractivity contribution in [2.24, 2.45) is 0 Å². The molecule has 0 spiro atoms. The van der Waals surface area contributed by atoms with E-state index in [1.807, 2.05) is 22.7 Å². The molecule has 168 valence electrons. The van der Waals surface area contributed by atoms with Crippen LogP contribution in [0, 0.1) is 0 Å². The van der Waals surface area contributed by atoms with Gasteiger partial charge in [-0.15, -0.1) is 0 Å². The summed E-state index contributed by atoms with van der Waals surface area (Å²) in [6.07, 6.45) is 8.44. The molecule has 0 radical (unpaired) electrons. The number of nitrogens with one attached hydrogen (secondary N) is 1. The standard InChI is InChI=1S/C26H33N5O/c1-3-29-14-16-30(17-15-29)24-10-8-20(21-6-4-5-7-22(21)24)18-28-23-9-11-25-27-12-13-31(25)26(23)19(2)32/h8-13,28H,3-7,14-18H2,1-2H3. The van der Waals surface area contributed by atoms with Gasteiger partial charge in [0.05, 0.1) is 5.69 Å². The van der Waals surface area contributed by atoms with Crippen LogP contribution in [0.3, 0.4) is 0 Å². The third-order valence-corrected chi connectivity index (χ3v) is 7.13. The van der Waals surface area contributed by atoms with Crippen LogP contribution in [0.2, 0.25) is 0 Å². The highest BCUT2D eigenvalue weighted by atomic mass is 16.1. The normalized spacial score (nSPS) is 16.9. The predicted molar refractivity (Wildman–Crippen MR) is 130 cm³/mol. The van der Waals surface area contributed by atoms with Gasteiger partial charge < -0.3 is 15.1 Å². The lowest BCUT2D eigenvalue weighted by Crippen LogP contribution is -2.46. The van der Waals surface area contributed by atoms with Crippen molar-refractivity contribution in [2.45, 2.75) is 46.1 Å². The fourth-order valence-electron chi connectivity index (χ4n) is 5.38. The van der Waals surface area contributed by atoms with Gasteiger partial charge >= 0.3 is 0 Å². The van der Waals surface area contributed by atoms with Crippen molar-refractivity contribution in [2.75, 3.05) is 42.9 Å². The fourth-order valence-corrected chi connectivity index (χ4v) is 5.38. The molecule has 0 saturated carbocycles. The predicted octanol–water partition coefficient (Wildman–Crippen LogP) is 4.17. The molecule has 0 atom stereocenters. The number of piperazine rings is 1. The molecule has 0 bridgehead atoms. The molecule has 0 unspecified atom stereocenters. The lowest BCUT2D eigenvalue weighted by molar-refractivity contribution is 0.101. The molecule has 1 aliphatic heterocycles. The summed E-state index contributed by atoms with van der Waals surface area (Å²) in [5.74, 6) is 0.0414. The zero-order chi connectivity index (χ0) is 22.1. The molecule has 2 aliphatic rings. The minimum Gasteiger partial charge on any atom is -0.379 e. The zero-order valence-electron chi connectivity index (χ0n) is 19.2. The van der Waals surface area contributed by atoms with Crippen LogP contribution in [0.5, 0.6) is 0 Å². The average molecular weight is 432 g/mol. The highest BCUT2D eigenvalue weighted by molar-refractivity contribution is 5.98. The van der Waals surface area contributed by atoms with E-state index in [1.54, 1.807) is 18.7 Å². The van der Waals surface area contributed by atoms with Crippen molar-refractivity contribution in [1.29, 1.82) is 0 Å².